The van der Waals surface area contributed by atoms with Crippen molar-refractivity contribution in [3.63, 3.8) is 0 Å². The van der Waals surface area contributed by atoms with Crippen molar-refractivity contribution >= 4 is 15.7 Å². The molecule has 0 aliphatic carbocycles. The molecule has 0 bridgehead atoms. The zero-order valence-electron chi connectivity index (χ0n) is 9.38. The van der Waals surface area contributed by atoms with Crippen LogP contribution < -0.4 is 10.9 Å². The van der Waals surface area contributed by atoms with E-state index in [0.29, 0.717) is 6.42 Å². The molecule has 0 unspecified atom stereocenters. The Bertz CT molecular complexity index is 522. The Morgan fingerprint density at radius 1 is 1.59 bits per heavy atom. The number of hydrogen-bond acceptors (Lipinski definition) is 5. The second-order valence-corrected chi connectivity index (χ2v) is 6.29. The first-order valence-corrected chi connectivity index (χ1v) is 7.04. The van der Waals surface area contributed by atoms with E-state index in [-0.39, 0.29) is 29.3 Å². The summed E-state index contributed by atoms with van der Waals surface area (Å²) in [6.07, 6.45) is 3.70. The molecule has 2 heterocycles. The van der Waals surface area contributed by atoms with E-state index in [1.54, 1.807) is 17.8 Å². The first kappa shape index (κ1) is 12.1. The van der Waals surface area contributed by atoms with Gasteiger partial charge in [0.05, 0.1) is 11.5 Å². The zero-order valence-corrected chi connectivity index (χ0v) is 10.2. The predicted molar refractivity (Wildman–Crippen MR) is 60.9 cm³/mol. The normalized spacial score (nSPS) is 22.5. The van der Waals surface area contributed by atoms with Gasteiger partial charge in [-0.2, -0.15) is 0 Å². The summed E-state index contributed by atoms with van der Waals surface area (Å²) in [6, 6.07) is -0.218. The highest BCUT2D eigenvalue weighted by Crippen LogP contribution is 2.10. The number of imidazole rings is 1. The lowest BCUT2D eigenvalue weighted by Gasteiger charge is -2.11. The zero-order chi connectivity index (χ0) is 12.5. The second-order valence-electron chi connectivity index (χ2n) is 4.06. The lowest BCUT2D eigenvalue weighted by atomic mass is 10.3. The van der Waals surface area contributed by atoms with E-state index in [4.69, 9.17) is 0 Å². The predicted octanol–water partition coefficient (Wildman–Crippen LogP) is -1.16. The molecule has 94 valence electrons. The third-order valence-electron chi connectivity index (χ3n) is 2.65. The van der Waals surface area contributed by atoms with Crippen molar-refractivity contribution in [1.29, 1.82) is 0 Å². The number of carbonyl (C=O) groups is 1. The van der Waals surface area contributed by atoms with E-state index < -0.39 is 9.84 Å². The van der Waals surface area contributed by atoms with Crippen LogP contribution in [0.25, 0.3) is 0 Å². The molecular formula is C9H14N4O3S. The monoisotopic (exact) mass is 258 g/mol. The molecule has 1 aliphatic heterocycles. The minimum atomic E-state index is -2.94. The van der Waals surface area contributed by atoms with E-state index >= 15 is 0 Å². The van der Waals surface area contributed by atoms with Crippen molar-refractivity contribution in [3.05, 3.63) is 18.2 Å². The van der Waals surface area contributed by atoms with Gasteiger partial charge in [-0.15, -0.1) is 0 Å². The number of nitrogens with zero attached hydrogens (tertiary/aromatic N) is 2. The van der Waals surface area contributed by atoms with Crippen molar-refractivity contribution in [1.82, 2.24) is 20.4 Å². The van der Waals surface area contributed by atoms with Gasteiger partial charge in [0, 0.05) is 25.5 Å². The molecule has 1 amide bonds. The number of aromatic nitrogens is 2. The maximum absolute atomic E-state index is 11.6. The van der Waals surface area contributed by atoms with Crippen molar-refractivity contribution in [2.24, 2.45) is 7.05 Å². The van der Waals surface area contributed by atoms with Crippen LogP contribution >= 0.6 is 0 Å². The summed E-state index contributed by atoms with van der Waals surface area (Å²) in [4.78, 5) is 15.5. The molecule has 17 heavy (non-hydrogen) atoms. The lowest BCUT2D eigenvalue weighted by Crippen LogP contribution is -2.45. The van der Waals surface area contributed by atoms with Crippen LogP contribution in [0.3, 0.4) is 0 Å². The minimum absolute atomic E-state index is 0.0633. The summed E-state index contributed by atoms with van der Waals surface area (Å²) in [6.45, 7) is 0. The molecule has 1 aromatic rings. The molecule has 1 fully saturated rings. The van der Waals surface area contributed by atoms with Gasteiger partial charge >= 0.3 is 5.91 Å². The fourth-order valence-electron chi connectivity index (χ4n) is 1.72. The van der Waals surface area contributed by atoms with Gasteiger partial charge in [-0.1, -0.05) is 0 Å². The highest BCUT2D eigenvalue weighted by atomic mass is 32.2. The van der Waals surface area contributed by atoms with E-state index in [2.05, 4.69) is 15.8 Å². The van der Waals surface area contributed by atoms with Crippen LogP contribution in [0.1, 0.15) is 17.0 Å². The first-order valence-electron chi connectivity index (χ1n) is 5.21. The fourth-order valence-corrected chi connectivity index (χ4v) is 3.39. The van der Waals surface area contributed by atoms with Crippen LogP contribution in [0.2, 0.25) is 0 Å². The Kier molecular flexibility index (Phi) is 3.16. The molecule has 0 saturated carbocycles. The Morgan fingerprint density at radius 2 is 2.35 bits per heavy atom. The summed E-state index contributed by atoms with van der Waals surface area (Å²) in [5.41, 5.74) is 5.19. The molecule has 1 aromatic heterocycles. The molecule has 2 rings (SSSR count). The number of amides is 1. The van der Waals surface area contributed by atoms with Gasteiger partial charge < -0.3 is 4.57 Å². The number of nitrogens with one attached hydrogen (secondary N) is 2. The smallest absolute Gasteiger partial charge is 0.301 e. The summed E-state index contributed by atoms with van der Waals surface area (Å²) < 4.78 is 24.0. The highest BCUT2D eigenvalue weighted by Gasteiger charge is 2.28. The third-order valence-corrected chi connectivity index (χ3v) is 4.41. The minimum Gasteiger partial charge on any atom is -0.330 e. The number of hydrazine groups is 1. The number of carbonyl (C=O) groups excluding carboxylic acids is 1. The van der Waals surface area contributed by atoms with E-state index in [1.165, 1.54) is 6.20 Å². The first-order chi connectivity index (χ1) is 7.98. The van der Waals surface area contributed by atoms with Crippen molar-refractivity contribution < 1.29 is 13.2 Å². The maximum Gasteiger partial charge on any atom is 0.301 e. The third kappa shape index (κ3) is 2.83. The molecule has 2 N–H and O–H groups in total. The number of sulfone groups is 1. The second kappa shape index (κ2) is 4.46. The van der Waals surface area contributed by atoms with E-state index in [0.717, 1.165) is 0 Å². The van der Waals surface area contributed by atoms with Crippen LogP contribution in [0.15, 0.2) is 12.4 Å². The molecule has 1 atom stereocenters. The van der Waals surface area contributed by atoms with Crippen molar-refractivity contribution in [2.75, 3.05) is 11.5 Å². The molecular weight excluding hydrogens is 244 g/mol. The standard InChI is InChI=1S/C9H14N4O3S/c1-13-4-3-10-8(13)9(14)12-11-7-2-5-17(15,16)6-7/h3-4,7,11H,2,5-6H2,1H3,(H,12,14)/t7-/m1/s1. The summed E-state index contributed by atoms with van der Waals surface area (Å²) >= 11 is 0. The van der Waals surface area contributed by atoms with Gasteiger partial charge in [0.15, 0.2) is 15.7 Å². The van der Waals surface area contributed by atoms with Gasteiger partial charge in [-0.05, 0) is 6.42 Å². The van der Waals surface area contributed by atoms with Gasteiger partial charge in [0.25, 0.3) is 0 Å². The van der Waals surface area contributed by atoms with Crippen LogP contribution in [0.4, 0.5) is 0 Å². The van der Waals surface area contributed by atoms with Crippen molar-refractivity contribution in [2.45, 2.75) is 12.5 Å². The molecule has 7 nitrogen and oxygen atoms in total. The quantitative estimate of drug-likeness (QED) is 0.667. The van der Waals surface area contributed by atoms with Gasteiger partial charge in [-0.3, -0.25) is 10.2 Å². The van der Waals surface area contributed by atoms with Crippen LogP contribution in [-0.4, -0.2) is 41.4 Å². The Labute approximate surface area is 99.1 Å². The summed E-state index contributed by atoms with van der Waals surface area (Å²) in [5, 5.41) is 0. The van der Waals surface area contributed by atoms with Crippen LogP contribution in [-0.2, 0) is 16.9 Å². The average molecular weight is 258 g/mol. The lowest BCUT2D eigenvalue weighted by molar-refractivity contribution is 0.0913. The molecule has 0 aromatic carbocycles. The summed E-state index contributed by atoms with van der Waals surface area (Å²) in [5.74, 6) is 0.136. The van der Waals surface area contributed by atoms with Crippen LogP contribution in [0.5, 0.6) is 0 Å². The SMILES string of the molecule is Cn1ccnc1C(=O)NN[C@@H]1CCS(=O)(=O)C1. The van der Waals surface area contributed by atoms with E-state index in [9.17, 15) is 13.2 Å². The van der Waals surface area contributed by atoms with Crippen LogP contribution in [0, 0.1) is 0 Å². The Hall–Kier alpha value is -1.41. The molecule has 1 aliphatic rings. The van der Waals surface area contributed by atoms with Gasteiger partial charge in [0.1, 0.15) is 0 Å². The number of rotatable bonds is 3. The van der Waals surface area contributed by atoms with Crippen molar-refractivity contribution in [3.8, 4) is 0 Å². The largest absolute Gasteiger partial charge is 0.330 e. The Morgan fingerprint density at radius 3 is 2.88 bits per heavy atom. The molecule has 0 radical (unpaired) electrons. The van der Waals surface area contributed by atoms with E-state index in [1.807, 2.05) is 0 Å². The average Bonchev–Trinajstić information content (AvgIpc) is 2.81. The highest BCUT2D eigenvalue weighted by molar-refractivity contribution is 7.91. The number of aryl methyl sites for hydroxylation is 1. The maximum atomic E-state index is 11.6. The molecule has 1 saturated heterocycles. The molecule has 8 heteroatoms. The molecule has 0 spiro atoms. The van der Waals surface area contributed by atoms with Gasteiger partial charge in [-0.25, -0.2) is 18.8 Å². The topological polar surface area (TPSA) is 93.1 Å². The van der Waals surface area contributed by atoms with Gasteiger partial charge in [0.2, 0.25) is 0 Å². The fraction of sp³-hybridized carbons (Fsp3) is 0.556. The summed E-state index contributed by atoms with van der Waals surface area (Å²) in [7, 11) is -1.23. The number of hydrogen-bond donors (Lipinski definition) is 2. The Balaban J connectivity index is 1.88.